The number of fused-ring (bicyclic) bond motifs is 1. The monoisotopic (exact) mass is 280 g/mol. The maximum absolute atomic E-state index is 13.7. The zero-order valence-corrected chi connectivity index (χ0v) is 10.3. The number of aliphatic hydroxyl groups is 1. The SMILES string of the molecule is OC(c1cc(F)c(F)cc1F)C1COc2ccccc21. The number of rotatable bonds is 2. The van der Waals surface area contributed by atoms with Gasteiger partial charge in [0.05, 0.1) is 18.6 Å². The van der Waals surface area contributed by atoms with Crippen LogP contribution >= 0.6 is 0 Å². The average Bonchev–Trinajstić information content (AvgIpc) is 2.86. The molecule has 5 heteroatoms. The summed E-state index contributed by atoms with van der Waals surface area (Å²) >= 11 is 0. The molecule has 2 unspecified atom stereocenters. The summed E-state index contributed by atoms with van der Waals surface area (Å²) in [5.41, 5.74) is 0.457. The smallest absolute Gasteiger partial charge is 0.161 e. The molecule has 1 aliphatic heterocycles. The van der Waals surface area contributed by atoms with E-state index in [4.69, 9.17) is 4.74 Å². The van der Waals surface area contributed by atoms with E-state index >= 15 is 0 Å². The zero-order valence-electron chi connectivity index (χ0n) is 10.3. The highest BCUT2D eigenvalue weighted by Gasteiger charge is 2.33. The van der Waals surface area contributed by atoms with Crippen molar-refractivity contribution >= 4 is 0 Å². The number of ether oxygens (including phenoxy) is 1. The van der Waals surface area contributed by atoms with Crippen LogP contribution in [0.1, 0.15) is 23.1 Å². The Morgan fingerprint density at radius 3 is 2.55 bits per heavy atom. The molecule has 2 aromatic carbocycles. The molecule has 1 heterocycles. The molecule has 0 saturated heterocycles. The lowest BCUT2D eigenvalue weighted by Gasteiger charge is -2.18. The Labute approximate surface area is 113 Å². The highest BCUT2D eigenvalue weighted by molar-refractivity contribution is 5.41. The van der Waals surface area contributed by atoms with Gasteiger partial charge in [0.15, 0.2) is 11.6 Å². The van der Waals surface area contributed by atoms with Gasteiger partial charge in [-0.3, -0.25) is 0 Å². The molecule has 0 fully saturated rings. The molecular weight excluding hydrogens is 269 g/mol. The van der Waals surface area contributed by atoms with Gasteiger partial charge < -0.3 is 9.84 Å². The summed E-state index contributed by atoms with van der Waals surface area (Å²) in [6.45, 7) is 0.166. The van der Waals surface area contributed by atoms with Gasteiger partial charge in [-0.1, -0.05) is 18.2 Å². The van der Waals surface area contributed by atoms with Crippen LogP contribution in [0.25, 0.3) is 0 Å². The summed E-state index contributed by atoms with van der Waals surface area (Å²) in [4.78, 5) is 0. The second-order valence-corrected chi connectivity index (χ2v) is 4.69. The van der Waals surface area contributed by atoms with Crippen molar-refractivity contribution in [2.24, 2.45) is 0 Å². The molecule has 0 amide bonds. The summed E-state index contributed by atoms with van der Waals surface area (Å²) in [6, 6.07) is 8.18. The van der Waals surface area contributed by atoms with Crippen LogP contribution in [-0.2, 0) is 0 Å². The molecule has 0 spiro atoms. The van der Waals surface area contributed by atoms with Crippen molar-refractivity contribution < 1.29 is 23.0 Å². The average molecular weight is 280 g/mol. The van der Waals surface area contributed by atoms with E-state index in [1.54, 1.807) is 24.3 Å². The molecule has 0 aromatic heterocycles. The molecule has 0 aliphatic carbocycles. The van der Waals surface area contributed by atoms with Gasteiger partial charge in [0, 0.05) is 17.2 Å². The Hall–Kier alpha value is -2.01. The molecule has 2 atom stereocenters. The summed E-state index contributed by atoms with van der Waals surface area (Å²) in [6.07, 6.45) is -1.30. The van der Waals surface area contributed by atoms with Crippen molar-refractivity contribution in [1.29, 1.82) is 0 Å². The first-order valence-corrected chi connectivity index (χ1v) is 6.12. The lowest BCUT2D eigenvalue weighted by molar-refractivity contribution is 0.126. The largest absolute Gasteiger partial charge is 0.493 e. The van der Waals surface area contributed by atoms with Gasteiger partial charge >= 0.3 is 0 Å². The van der Waals surface area contributed by atoms with Gasteiger partial charge in [-0.05, 0) is 12.1 Å². The molecule has 3 rings (SSSR count). The first-order chi connectivity index (χ1) is 9.58. The minimum Gasteiger partial charge on any atom is -0.493 e. The molecule has 0 radical (unpaired) electrons. The predicted molar refractivity (Wildman–Crippen MR) is 66.0 cm³/mol. The van der Waals surface area contributed by atoms with Crippen LogP contribution < -0.4 is 4.74 Å². The lowest BCUT2D eigenvalue weighted by Crippen LogP contribution is -2.14. The molecule has 0 saturated carbocycles. The summed E-state index contributed by atoms with van der Waals surface area (Å²) < 4.78 is 45.2. The van der Waals surface area contributed by atoms with E-state index in [2.05, 4.69) is 0 Å². The third-order valence-electron chi connectivity index (χ3n) is 3.48. The van der Waals surface area contributed by atoms with E-state index in [1.807, 2.05) is 0 Å². The fourth-order valence-corrected chi connectivity index (χ4v) is 2.43. The summed E-state index contributed by atoms with van der Waals surface area (Å²) in [5.74, 6) is -3.33. The van der Waals surface area contributed by atoms with Crippen molar-refractivity contribution in [1.82, 2.24) is 0 Å². The molecule has 20 heavy (non-hydrogen) atoms. The van der Waals surface area contributed by atoms with Gasteiger partial charge in [-0.15, -0.1) is 0 Å². The first kappa shape index (κ1) is 13.0. The maximum atomic E-state index is 13.7. The van der Waals surface area contributed by atoms with Gasteiger partial charge in [-0.2, -0.15) is 0 Å². The molecule has 2 nitrogen and oxygen atoms in total. The summed E-state index contributed by atoms with van der Waals surface area (Å²) in [5, 5.41) is 10.3. The van der Waals surface area contributed by atoms with Crippen molar-refractivity contribution in [2.75, 3.05) is 6.61 Å². The molecule has 1 aliphatic rings. The third-order valence-corrected chi connectivity index (χ3v) is 3.48. The van der Waals surface area contributed by atoms with E-state index in [9.17, 15) is 18.3 Å². The number of hydrogen-bond acceptors (Lipinski definition) is 2. The van der Waals surface area contributed by atoms with Crippen LogP contribution in [-0.4, -0.2) is 11.7 Å². The minimum absolute atomic E-state index is 0.166. The zero-order chi connectivity index (χ0) is 14.3. The fourth-order valence-electron chi connectivity index (χ4n) is 2.43. The van der Waals surface area contributed by atoms with E-state index in [-0.39, 0.29) is 12.2 Å². The van der Waals surface area contributed by atoms with E-state index in [1.165, 1.54) is 0 Å². The number of benzene rings is 2. The standard InChI is InChI=1S/C15H11F3O2/c16-11-6-13(18)12(17)5-9(11)15(19)10-7-20-14-4-2-1-3-8(10)14/h1-6,10,15,19H,7H2. The second kappa shape index (κ2) is 4.83. The van der Waals surface area contributed by atoms with Crippen molar-refractivity contribution in [2.45, 2.75) is 12.0 Å². The minimum atomic E-state index is -1.30. The van der Waals surface area contributed by atoms with Crippen LogP contribution in [0.5, 0.6) is 5.75 Å². The van der Waals surface area contributed by atoms with E-state index in [0.717, 1.165) is 5.56 Å². The Balaban J connectivity index is 1.98. The molecule has 2 aromatic rings. The van der Waals surface area contributed by atoms with E-state index in [0.29, 0.717) is 17.9 Å². The quantitative estimate of drug-likeness (QED) is 0.855. The highest BCUT2D eigenvalue weighted by Crippen LogP contribution is 2.41. The number of hydrogen-bond donors (Lipinski definition) is 1. The van der Waals surface area contributed by atoms with Crippen molar-refractivity contribution in [3.05, 3.63) is 65.0 Å². The normalized spacial score (nSPS) is 18.5. The van der Waals surface area contributed by atoms with Crippen molar-refractivity contribution in [3.8, 4) is 5.75 Å². The lowest BCUT2D eigenvalue weighted by atomic mass is 9.90. The number of para-hydroxylation sites is 1. The topological polar surface area (TPSA) is 29.5 Å². The van der Waals surface area contributed by atoms with Gasteiger partial charge in [0.2, 0.25) is 0 Å². The number of aliphatic hydroxyl groups excluding tert-OH is 1. The Morgan fingerprint density at radius 1 is 1.05 bits per heavy atom. The second-order valence-electron chi connectivity index (χ2n) is 4.69. The number of halogens is 3. The predicted octanol–water partition coefficient (Wildman–Crippen LogP) is 3.31. The third kappa shape index (κ3) is 2.04. The Bertz CT molecular complexity index is 658. The Morgan fingerprint density at radius 2 is 1.75 bits per heavy atom. The highest BCUT2D eigenvalue weighted by atomic mass is 19.2. The molecular formula is C15H11F3O2. The van der Waals surface area contributed by atoms with Crippen LogP contribution in [0.2, 0.25) is 0 Å². The van der Waals surface area contributed by atoms with E-state index < -0.39 is 29.5 Å². The first-order valence-electron chi connectivity index (χ1n) is 6.12. The molecule has 104 valence electrons. The van der Waals surface area contributed by atoms with Crippen LogP contribution in [0, 0.1) is 17.5 Å². The summed E-state index contributed by atoms with van der Waals surface area (Å²) in [7, 11) is 0. The maximum Gasteiger partial charge on any atom is 0.161 e. The molecule has 0 bridgehead atoms. The van der Waals surface area contributed by atoms with Crippen LogP contribution in [0.4, 0.5) is 13.2 Å². The fraction of sp³-hybridized carbons (Fsp3) is 0.200. The Kier molecular flexibility index (Phi) is 3.14. The molecule has 1 N–H and O–H groups in total. The van der Waals surface area contributed by atoms with Crippen molar-refractivity contribution in [3.63, 3.8) is 0 Å². The van der Waals surface area contributed by atoms with Gasteiger partial charge in [-0.25, -0.2) is 13.2 Å². The van der Waals surface area contributed by atoms with Crippen LogP contribution in [0.15, 0.2) is 36.4 Å². The van der Waals surface area contributed by atoms with Gasteiger partial charge in [0.1, 0.15) is 11.6 Å². The van der Waals surface area contributed by atoms with Crippen LogP contribution in [0.3, 0.4) is 0 Å². The van der Waals surface area contributed by atoms with Gasteiger partial charge in [0.25, 0.3) is 0 Å².